The maximum Gasteiger partial charge on any atom is 0.443 e. The van der Waals surface area contributed by atoms with Crippen LogP contribution >= 0.6 is 0 Å². The number of nitrogens with zero attached hydrogens (tertiary/aromatic N) is 3. The summed E-state index contributed by atoms with van der Waals surface area (Å²) in [4.78, 5) is 7.19. The lowest BCUT2D eigenvalue weighted by atomic mass is 10.1. The summed E-state index contributed by atoms with van der Waals surface area (Å²) in [5.41, 5.74) is -3.79. The van der Waals surface area contributed by atoms with Gasteiger partial charge in [-0.1, -0.05) is 17.7 Å². The molecule has 148 valence electrons. The average Bonchev–Trinajstić information content (AvgIpc) is 2.61. The van der Waals surface area contributed by atoms with E-state index in [-0.39, 0.29) is 18.7 Å². The van der Waals surface area contributed by atoms with E-state index in [0.717, 1.165) is 12.0 Å². The SMILES string of the molecule is Cc1ccc(C2=NC(C(F)(F)F)(C(F)(F)F)N=C(N3CCCCC3)O2)cc1. The lowest BCUT2D eigenvalue weighted by molar-refractivity contribution is -0.293. The lowest BCUT2D eigenvalue weighted by Crippen LogP contribution is -2.58. The van der Waals surface area contributed by atoms with Crippen LogP contribution in [0.3, 0.4) is 0 Å². The van der Waals surface area contributed by atoms with Crippen LogP contribution in [0.15, 0.2) is 34.3 Å². The van der Waals surface area contributed by atoms with Crippen LogP contribution in [-0.4, -0.2) is 47.9 Å². The quantitative estimate of drug-likeness (QED) is 0.662. The first-order valence-corrected chi connectivity index (χ1v) is 8.36. The molecule has 3 rings (SSSR count). The number of alkyl halides is 6. The van der Waals surface area contributed by atoms with E-state index in [0.29, 0.717) is 12.8 Å². The second-order valence-electron chi connectivity index (χ2n) is 6.49. The van der Waals surface area contributed by atoms with Gasteiger partial charge in [-0.05, 0) is 38.3 Å². The van der Waals surface area contributed by atoms with Crippen LogP contribution in [-0.2, 0) is 4.74 Å². The number of hydrogen-bond acceptors (Lipinski definition) is 4. The predicted molar refractivity (Wildman–Crippen MR) is 86.5 cm³/mol. The zero-order chi connectivity index (χ0) is 19.9. The van der Waals surface area contributed by atoms with Crippen molar-refractivity contribution in [3.63, 3.8) is 0 Å². The summed E-state index contributed by atoms with van der Waals surface area (Å²) in [5.74, 6) is -0.750. The van der Waals surface area contributed by atoms with Gasteiger partial charge in [0, 0.05) is 18.7 Å². The third kappa shape index (κ3) is 3.61. The number of halogens is 6. The van der Waals surface area contributed by atoms with Gasteiger partial charge in [-0.2, -0.15) is 31.3 Å². The molecule has 10 heteroatoms. The molecule has 0 aromatic heterocycles. The highest BCUT2D eigenvalue weighted by Gasteiger charge is 2.74. The second kappa shape index (κ2) is 6.72. The van der Waals surface area contributed by atoms with Crippen LogP contribution in [0.5, 0.6) is 0 Å². The number of likely N-dealkylation sites (tertiary alicyclic amines) is 1. The van der Waals surface area contributed by atoms with Gasteiger partial charge in [0.05, 0.1) is 0 Å². The Morgan fingerprint density at radius 3 is 1.96 bits per heavy atom. The van der Waals surface area contributed by atoms with Crippen molar-refractivity contribution in [2.24, 2.45) is 9.98 Å². The molecule has 4 nitrogen and oxygen atoms in total. The third-order valence-electron chi connectivity index (χ3n) is 4.42. The van der Waals surface area contributed by atoms with Gasteiger partial charge in [-0.3, -0.25) is 0 Å². The van der Waals surface area contributed by atoms with Crippen LogP contribution < -0.4 is 0 Å². The smallest absolute Gasteiger partial charge is 0.406 e. The Balaban J connectivity index is 2.14. The minimum atomic E-state index is -5.77. The largest absolute Gasteiger partial charge is 0.443 e. The van der Waals surface area contributed by atoms with E-state index in [1.165, 1.54) is 17.0 Å². The third-order valence-corrected chi connectivity index (χ3v) is 4.42. The van der Waals surface area contributed by atoms with Crippen molar-refractivity contribution in [1.29, 1.82) is 0 Å². The standard InChI is InChI=1S/C17H17F6N3O/c1-11-5-7-12(8-6-11)13-24-15(16(18,19)20,17(21,22)23)25-14(27-13)26-9-3-2-4-10-26/h5-8H,2-4,9-10H2,1H3. The van der Waals surface area contributed by atoms with Crippen molar-refractivity contribution < 1.29 is 31.1 Å². The summed E-state index contributed by atoms with van der Waals surface area (Å²) in [7, 11) is 0. The predicted octanol–water partition coefficient (Wildman–Crippen LogP) is 4.43. The fourth-order valence-corrected chi connectivity index (χ4v) is 2.90. The number of rotatable bonds is 1. The molecule has 0 spiro atoms. The summed E-state index contributed by atoms with van der Waals surface area (Å²) in [6, 6.07) is 5.14. The van der Waals surface area contributed by atoms with E-state index in [2.05, 4.69) is 9.98 Å². The minimum absolute atomic E-state index is 0.0166. The molecule has 27 heavy (non-hydrogen) atoms. The Morgan fingerprint density at radius 2 is 1.44 bits per heavy atom. The monoisotopic (exact) mass is 393 g/mol. The van der Waals surface area contributed by atoms with Crippen molar-refractivity contribution >= 4 is 11.9 Å². The molecule has 0 amide bonds. The van der Waals surface area contributed by atoms with Crippen LogP contribution in [0.2, 0.25) is 0 Å². The van der Waals surface area contributed by atoms with Gasteiger partial charge in [0.25, 0.3) is 6.02 Å². The first kappa shape index (κ1) is 19.5. The highest BCUT2D eigenvalue weighted by molar-refractivity contribution is 6.02. The van der Waals surface area contributed by atoms with E-state index in [1.54, 1.807) is 19.1 Å². The van der Waals surface area contributed by atoms with Gasteiger partial charge in [0.2, 0.25) is 5.90 Å². The Kier molecular flexibility index (Phi) is 4.85. The summed E-state index contributed by atoms with van der Waals surface area (Å²) >= 11 is 0. The van der Waals surface area contributed by atoms with E-state index < -0.39 is 29.9 Å². The number of aryl methyl sites for hydroxylation is 1. The molecule has 0 bridgehead atoms. The molecular weight excluding hydrogens is 376 g/mol. The lowest BCUT2D eigenvalue weighted by Gasteiger charge is -2.37. The number of ether oxygens (including phenoxy) is 1. The first-order valence-electron chi connectivity index (χ1n) is 8.36. The number of amidine groups is 1. The minimum Gasteiger partial charge on any atom is -0.406 e. The van der Waals surface area contributed by atoms with Gasteiger partial charge in [-0.15, -0.1) is 0 Å². The number of hydrogen-bond donors (Lipinski definition) is 0. The van der Waals surface area contributed by atoms with Crippen LogP contribution in [0.4, 0.5) is 26.3 Å². The molecular formula is C17H17F6N3O. The fourth-order valence-electron chi connectivity index (χ4n) is 2.90. The second-order valence-corrected chi connectivity index (χ2v) is 6.49. The van der Waals surface area contributed by atoms with Crippen molar-refractivity contribution in [2.45, 2.75) is 44.2 Å². The molecule has 1 aromatic carbocycles. The zero-order valence-corrected chi connectivity index (χ0v) is 14.4. The molecule has 0 aliphatic carbocycles. The Labute approximate surface area is 151 Å². The Morgan fingerprint density at radius 1 is 0.889 bits per heavy atom. The Hall–Kier alpha value is -2.26. The molecule has 0 radical (unpaired) electrons. The Bertz CT molecular complexity index is 731. The van der Waals surface area contributed by atoms with Gasteiger partial charge in [0.1, 0.15) is 0 Å². The number of benzene rings is 1. The van der Waals surface area contributed by atoms with Crippen molar-refractivity contribution in [2.75, 3.05) is 13.1 Å². The van der Waals surface area contributed by atoms with Gasteiger partial charge in [-0.25, -0.2) is 4.99 Å². The first-order chi connectivity index (χ1) is 12.5. The average molecular weight is 393 g/mol. The molecule has 2 heterocycles. The number of aliphatic imine (C=N–C) groups is 2. The molecule has 0 N–H and O–H groups in total. The molecule has 0 atom stereocenters. The summed E-state index contributed by atoms with van der Waals surface area (Å²) < 4.78 is 86.8. The molecule has 1 fully saturated rings. The van der Waals surface area contributed by atoms with E-state index >= 15 is 0 Å². The number of piperidine rings is 1. The van der Waals surface area contributed by atoms with Gasteiger partial charge >= 0.3 is 18.0 Å². The zero-order valence-electron chi connectivity index (χ0n) is 14.4. The van der Waals surface area contributed by atoms with E-state index in [9.17, 15) is 26.3 Å². The molecule has 2 aliphatic rings. The van der Waals surface area contributed by atoms with Gasteiger partial charge < -0.3 is 9.64 Å². The van der Waals surface area contributed by atoms with Crippen molar-refractivity contribution in [1.82, 2.24) is 4.90 Å². The highest BCUT2D eigenvalue weighted by Crippen LogP contribution is 2.49. The topological polar surface area (TPSA) is 37.2 Å². The molecule has 1 aromatic rings. The maximum atomic E-state index is 13.6. The van der Waals surface area contributed by atoms with Crippen molar-refractivity contribution in [3.8, 4) is 0 Å². The summed E-state index contributed by atoms with van der Waals surface area (Å²) in [5, 5.41) is 0. The summed E-state index contributed by atoms with van der Waals surface area (Å²) in [6.07, 6.45) is -9.45. The normalized spacial score (nSPS) is 20.6. The van der Waals surface area contributed by atoms with Crippen LogP contribution in [0.1, 0.15) is 30.4 Å². The van der Waals surface area contributed by atoms with Gasteiger partial charge in [0.15, 0.2) is 0 Å². The molecule has 1 saturated heterocycles. The highest BCUT2D eigenvalue weighted by atomic mass is 19.4. The molecule has 0 unspecified atom stereocenters. The summed E-state index contributed by atoms with van der Waals surface area (Å²) in [6.45, 7) is 2.28. The maximum absolute atomic E-state index is 13.6. The van der Waals surface area contributed by atoms with Crippen LogP contribution in [0, 0.1) is 6.92 Å². The van der Waals surface area contributed by atoms with Crippen molar-refractivity contribution in [3.05, 3.63) is 35.4 Å². The van der Waals surface area contributed by atoms with E-state index in [4.69, 9.17) is 4.74 Å². The molecule has 2 aliphatic heterocycles. The van der Waals surface area contributed by atoms with E-state index in [1.807, 2.05) is 0 Å². The fraction of sp³-hybridized carbons (Fsp3) is 0.529. The van der Waals surface area contributed by atoms with Crippen LogP contribution in [0.25, 0.3) is 0 Å². The molecule has 0 saturated carbocycles.